The molecular weight excluding hydrogens is 242 g/mol. The summed E-state index contributed by atoms with van der Waals surface area (Å²) >= 11 is 7.37. The van der Waals surface area contributed by atoms with E-state index in [1.54, 1.807) is 6.20 Å². The minimum Gasteiger partial charge on any atom is -0.327 e. The third kappa shape index (κ3) is 4.78. The van der Waals surface area contributed by atoms with Crippen LogP contribution in [0.15, 0.2) is 6.20 Å². The van der Waals surface area contributed by atoms with E-state index < -0.39 is 0 Å². The molecular formula is C11H20ClN3S. The van der Waals surface area contributed by atoms with E-state index >= 15 is 0 Å². The Morgan fingerprint density at radius 1 is 1.56 bits per heavy atom. The Labute approximate surface area is 107 Å². The fourth-order valence-corrected chi connectivity index (χ4v) is 2.41. The molecule has 3 nitrogen and oxygen atoms in total. The van der Waals surface area contributed by atoms with E-state index in [4.69, 9.17) is 17.3 Å². The average Bonchev–Trinajstić information content (AvgIpc) is 2.60. The van der Waals surface area contributed by atoms with Gasteiger partial charge in [0.2, 0.25) is 0 Å². The lowest BCUT2D eigenvalue weighted by Crippen LogP contribution is -2.31. The highest BCUT2D eigenvalue weighted by atomic mass is 35.5. The van der Waals surface area contributed by atoms with E-state index in [1.807, 2.05) is 0 Å². The van der Waals surface area contributed by atoms with Crippen molar-refractivity contribution in [3.05, 3.63) is 15.5 Å². The Morgan fingerprint density at radius 3 is 2.75 bits per heavy atom. The molecule has 0 fully saturated rings. The first kappa shape index (κ1) is 13.9. The molecule has 0 radical (unpaired) electrons. The lowest BCUT2D eigenvalue weighted by atomic mass is 10.0. The average molecular weight is 262 g/mol. The van der Waals surface area contributed by atoms with Crippen LogP contribution in [0.25, 0.3) is 0 Å². The fraction of sp³-hybridized carbons (Fsp3) is 0.727. The van der Waals surface area contributed by atoms with Gasteiger partial charge in [-0.2, -0.15) is 0 Å². The molecule has 0 aliphatic rings. The molecule has 0 aromatic carbocycles. The quantitative estimate of drug-likeness (QED) is 0.856. The van der Waals surface area contributed by atoms with Crippen LogP contribution >= 0.6 is 22.9 Å². The van der Waals surface area contributed by atoms with Crippen LogP contribution in [0.1, 0.15) is 25.3 Å². The first-order chi connectivity index (χ1) is 7.49. The molecule has 5 heteroatoms. The molecule has 1 rings (SSSR count). The highest BCUT2D eigenvalue weighted by Crippen LogP contribution is 2.19. The summed E-state index contributed by atoms with van der Waals surface area (Å²) in [6, 6.07) is 0.280. The number of halogens is 1. The zero-order valence-corrected chi connectivity index (χ0v) is 11.7. The smallest absolute Gasteiger partial charge is 0.113 e. The normalized spacial score (nSPS) is 13.7. The van der Waals surface area contributed by atoms with Crippen LogP contribution in [0.5, 0.6) is 0 Å². The zero-order chi connectivity index (χ0) is 12.1. The summed E-state index contributed by atoms with van der Waals surface area (Å²) in [5.74, 6) is 0.544. The molecule has 2 N–H and O–H groups in total. The van der Waals surface area contributed by atoms with Gasteiger partial charge in [-0.3, -0.25) is 4.90 Å². The van der Waals surface area contributed by atoms with Crippen molar-refractivity contribution in [1.29, 1.82) is 0 Å². The van der Waals surface area contributed by atoms with Gasteiger partial charge in [0.25, 0.3) is 0 Å². The van der Waals surface area contributed by atoms with E-state index in [1.165, 1.54) is 11.3 Å². The van der Waals surface area contributed by atoms with Gasteiger partial charge in [-0.1, -0.05) is 25.4 Å². The largest absolute Gasteiger partial charge is 0.327 e. The molecule has 0 spiro atoms. The molecule has 1 unspecified atom stereocenters. The Hall–Kier alpha value is -0.160. The molecule has 0 bridgehead atoms. The van der Waals surface area contributed by atoms with Gasteiger partial charge in [0.05, 0.1) is 12.7 Å². The number of rotatable bonds is 6. The monoisotopic (exact) mass is 261 g/mol. The second-order valence-corrected chi connectivity index (χ2v) is 6.24. The molecule has 1 atom stereocenters. The summed E-state index contributed by atoms with van der Waals surface area (Å²) in [6.07, 6.45) is 2.72. The molecule has 0 saturated heterocycles. The molecule has 0 aliphatic heterocycles. The van der Waals surface area contributed by atoms with Crippen molar-refractivity contribution in [3.8, 4) is 0 Å². The van der Waals surface area contributed by atoms with Crippen LogP contribution in [0.4, 0.5) is 0 Å². The lowest BCUT2D eigenvalue weighted by molar-refractivity contribution is 0.296. The number of nitrogens with two attached hydrogens (primary N) is 1. The Bertz CT molecular complexity index is 314. The highest BCUT2D eigenvalue weighted by Gasteiger charge is 2.10. The van der Waals surface area contributed by atoms with Crippen LogP contribution in [0.2, 0.25) is 4.34 Å². The Balaban J connectivity index is 2.28. The van der Waals surface area contributed by atoms with Gasteiger partial charge >= 0.3 is 0 Å². The second-order valence-electron chi connectivity index (χ2n) is 4.49. The summed E-state index contributed by atoms with van der Waals surface area (Å²) in [4.78, 5) is 6.47. The summed E-state index contributed by atoms with van der Waals surface area (Å²) in [7, 11) is 2.09. The number of hydrogen-bond acceptors (Lipinski definition) is 4. The summed E-state index contributed by atoms with van der Waals surface area (Å²) in [6.45, 7) is 6.16. The van der Waals surface area contributed by atoms with Crippen LogP contribution < -0.4 is 5.73 Å². The van der Waals surface area contributed by atoms with Crippen molar-refractivity contribution in [1.82, 2.24) is 9.88 Å². The van der Waals surface area contributed by atoms with E-state index in [-0.39, 0.29) is 6.04 Å². The van der Waals surface area contributed by atoms with Gasteiger partial charge < -0.3 is 5.73 Å². The zero-order valence-electron chi connectivity index (χ0n) is 10.1. The summed E-state index contributed by atoms with van der Waals surface area (Å²) in [5.41, 5.74) is 6.00. The van der Waals surface area contributed by atoms with Gasteiger partial charge in [-0.15, -0.1) is 11.3 Å². The summed E-state index contributed by atoms with van der Waals surface area (Å²) < 4.78 is 0.752. The second kappa shape index (κ2) is 6.55. The molecule has 1 heterocycles. The van der Waals surface area contributed by atoms with Gasteiger partial charge in [-0.25, -0.2) is 4.98 Å². The molecule has 0 aliphatic carbocycles. The minimum absolute atomic E-state index is 0.280. The van der Waals surface area contributed by atoms with Crippen molar-refractivity contribution in [3.63, 3.8) is 0 Å². The topological polar surface area (TPSA) is 42.1 Å². The van der Waals surface area contributed by atoms with E-state index in [2.05, 4.69) is 30.8 Å². The maximum absolute atomic E-state index is 6.00. The number of hydrogen-bond donors (Lipinski definition) is 1. The van der Waals surface area contributed by atoms with E-state index in [0.29, 0.717) is 5.92 Å². The Morgan fingerprint density at radius 2 is 2.25 bits per heavy atom. The highest BCUT2D eigenvalue weighted by molar-refractivity contribution is 7.15. The van der Waals surface area contributed by atoms with Crippen molar-refractivity contribution in [2.45, 2.75) is 32.9 Å². The number of nitrogens with zero attached hydrogens (tertiary/aromatic N) is 2. The molecule has 1 aromatic heterocycles. The van der Waals surface area contributed by atoms with Crippen molar-refractivity contribution < 1.29 is 0 Å². The number of aromatic nitrogens is 1. The SMILES string of the molecule is CC(C)C(N)CCN(C)Cc1ncc(Cl)s1. The first-order valence-electron chi connectivity index (χ1n) is 5.53. The maximum atomic E-state index is 6.00. The van der Waals surface area contributed by atoms with Crippen LogP contribution in [-0.2, 0) is 6.54 Å². The minimum atomic E-state index is 0.280. The standard InChI is InChI=1S/C11H20ClN3S/c1-8(2)9(13)4-5-15(3)7-11-14-6-10(12)16-11/h6,8-9H,4-5,7,13H2,1-3H3. The van der Waals surface area contributed by atoms with Crippen LogP contribution in [0, 0.1) is 5.92 Å². The Kier molecular flexibility index (Phi) is 5.69. The molecule has 0 saturated carbocycles. The number of thiazole rings is 1. The first-order valence-corrected chi connectivity index (χ1v) is 6.73. The van der Waals surface area contributed by atoms with Gasteiger partial charge in [0, 0.05) is 6.04 Å². The third-order valence-electron chi connectivity index (χ3n) is 2.63. The summed E-state index contributed by atoms with van der Waals surface area (Å²) in [5, 5.41) is 1.06. The maximum Gasteiger partial charge on any atom is 0.113 e. The predicted molar refractivity (Wildman–Crippen MR) is 70.9 cm³/mol. The molecule has 0 amide bonds. The van der Waals surface area contributed by atoms with Gasteiger partial charge in [0.15, 0.2) is 0 Å². The van der Waals surface area contributed by atoms with Gasteiger partial charge in [0.1, 0.15) is 9.34 Å². The van der Waals surface area contributed by atoms with Crippen LogP contribution in [-0.4, -0.2) is 29.5 Å². The van der Waals surface area contributed by atoms with Gasteiger partial charge in [-0.05, 0) is 25.9 Å². The van der Waals surface area contributed by atoms with E-state index in [9.17, 15) is 0 Å². The fourth-order valence-electron chi connectivity index (χ4n) is 1.37. The third-order valence-corrected chi connectivity index (χ3v) is 3.73. The lowest BCUT2D eigenvalue weighted by Gasteiger charge is -2.20. The predicted octanol–water partition coefficient (Wildman–Crippen LogP) is 2.60. The molecule has 92 valence electrons. The molecule has 1 aromatic rings. The molecule has 16 heavy (non-hydrogen) atoms. The van der Waals surface area contributed by atoms with Crippen molar-refractivity contribution >= 4 is 22.9 Å². The van der Waals surface area contributed by atoms with Crippen LogP contribution in [0.3, 0.4) is 0 Å². The van der Waals surface area contributed by atoms with E-state index in [0.717, 1.165) is 28.9 Å². The van der Waals surface area contributed by atoms with Crippen molar-refractivity contribution in [2.75, 3.05) is 13.6 Å². The van der Waals surface area contributed by atoms with Crippen molar-refractivity contribution in [2.24, 2.45) is 11.7 Å².